The van der Waals surface area contributed by atoms with Gasteiger partial charge in [-0.15, -0.1) is 11.3 Å². The molecule has 1 N–H and O–H groups in total. The average molecular weight is 369 g/mol. The predicted molar refractivity (Wildman–Crippen MR) is 103 cm³/mol. The molecule has 2 aromatic carbocycles. The minimum Gasteiger partial charge on any atom is -0.422 e. The van der Waals surface area contributed by atoms with Crippen molar-refractivity contribution in [2.45, 2.75) is 6.92 Å². The zero-order valence-electron chi connectivity index (χ0n) is 13.2. The van der Waals surface area contributed by atoms with Gasteiger partial charge in [0.25, 0.3) is 0 Å². The van der Waals surface area contributed by atoms with Gasteiger partial charge >= 0.3 is 5.63 Å². The van der Waals surface area contributed by atoms with E-state index in [4.69, 9.17) is 16.0 Å². The van der Waals surface area contributed by atoms with E-state index in [1.165, 1.54) is 11.3 Å². The van der Waals surface area contributed by atoms with Crippen LogP contribution in [0.5, 0.6) is 0 Å². The number of halogens is 1. The summed E-state index contributed by atoms with van der Waals surface area (Å²) in [5.74, 6) is 0. The lowest BCUT2D eigenvalue weighted by molar-refractivity contribution is 0.563. The minimum absolute atomic E-state index is 0.415. The molecule has 4 nitrogen and oxygen atoms in total. The van der Waals surface area contributed by atoms with Crippen molar-refractivity contribution in [2.24, 2.45) is 0 Å². The molecule has 0 bridgehead atoms. The summed E-state index contributed by atoms with van der Waals surface area (Å²) >= 11 is 7.45. The first kappa shape index (κ1) is 15.9. The lowest BCUT2D eigenvalue weighted by Gasteiger charge is -2.03. The first-order valence-electron chi connectivity index (χ1n) is 7.61. The third-order valence-electron chi connectivity index (χ3n) is 3.74. The van der Waals surface area contributed by atoms with E-state index in [0.29, 0.717) is 27.0 Å². The maximum Gasteiger partial charge on any atom is 0.345 e. The highest BCUT2D eigenvalue weighted by Gasteiger charge is 2.12. The van der Waals surface area contributed by atoms with Crippen molar-refractivity contribution in [1.29, 1.82) is 0 Å². The van der Waals surface area contributed by atoms with Gasteiger partial charge in [0.1, 0.15) is 5.58 Å². The van der Waals surface area contributed by atoms with Crippen molar-refractivity contribution in [2.75, 3.05) is 5.32 Å². The summed E-state index contributed by atoms with van der Waals surface area (Å²) < 4.78 is 5.38. The molecule has 0 amide bonds. The van der Waals surface area contributed by atoms with Crippen molar-refractivity contribution in [3.8, 4) is 11.3 Å². The number of hydrogen-bond donors (Lipinski definition) is 1. The Morgan fingerprint density at radius 1 is 1.16 bits per heavy atom. The Labute approximate surface area is 152 Å². The molecule has 6 heteroatoms. The van der Waals surface area contributed by atoms with Crippen LogP contribution in [0.4, 0.5) is 10.8 Å². The number of thiazole rings is 1. The van der Waals surface area contributed by atoms with Crippen molar-refractivity contribution >= 4 is 44.7 Å². The summed E-state index contributed by atoms with van der Waals surface area (Å²) in [5, 5.41) is 7.16. The molecule has 0 unspecified atom stereocenters. The Hall–Kier alpha value is -2.63. The third kappa shape index (κ3) is 3.29. The van der Waals surface area contributed by atoms with Crippen LogP contribution in [0.1, 0.15) is 5.56 Å². The highest BCUT2D eigenvalue weighted by atomic mass is 35.5. The van der Waals surface area contributed by atoms with Gasteiger partial charge < -0.3 is 9.73 Å². The molecule has 0 fully saturated rings. The number of aryl methyl sites for hydroxylation is 1. The third-order valence-corrected chi connectivity index (χ3v) is 4.74. The van der Waals surface area contributed by atoms with E-state index in [1.807, 2.05) is 36.6 Å². The first-order valence-corrected chi connectivity index (χ1v) is 8.87. The number of hydrogen-bond acceptors (Lipinski definition) is 5. The second-order valence-corrected chi connectivity index (χ2v) is 6.96. The van der Waals surface area contributed by atoms with Crippen LogP contribution < -0.4 is 10.9 Å². The molecule has 0 saturated carbocycles. The zero-order chi connectivity index (χ0) is 17.4. The Balaban J connectivity index is 1.71. The molecule has 2 heterocycles. The normalized spacial score (nSPS) is 11.0. The Morgan fingerprint density at radius 2 is 2.04 bits per heavy atom. The molecule has 2 aromatic heterocycles. The minimum atomic E-state index is -0.415. The summed E-state index contributed by atoms with van der Waals surface area (Å²) in [6, 6.07) is 14.9. The number of fused-ring (bicyclic) bond motifs is 1. The number of benzene rings is 2. The Kier molecular flexibility index (Phi) is 4.03. The maximum atomic E-state index is 12.3. The van der Waals surface area contributed by atoms with Gasteiger partial charge in [0.05, 0.1) is 11.3 Å². The zero-order valence-corrected chi connectivity index (χ0v) is 14.8. The van der Waals surface area contributed by atoms with E-state index in [9.17, 15) is 4.79 Å². The van der Waals surface area contributed by atoms with Gasteiger partial charge in [-0.1, -0.05) is 23.7 Å². The van der Waals surface area contributed by atoms with Gasteiger partial charge in [0, 0.05) is 21.5 Å². The molecule has 25 heavy (non-hydrogen) atoms. The fraction of sp³-hybridized carbons (Fsp3) is 0.0526. The summed E-state index contributed by atoms with van der Waals surface area (Å²) in [7, 11) is 0. The van der Waals surface area contributed by atoms with Gasteiger partial charge in [-0.3, -0.25) is 0 Å². The summed E-state index contributed by atoms with van der Waals surface area (Å²) in [6.45, 7) is 2.03. The van der Waals surface area contributed by atoms with E-state index in [2.05, 4.69) is 10.3 Å². The standard InChI is InChI=1S/C19H13ClN2O2S/c1-11-3-2-4-14(7-11)21-19-22-16(10-25-19)15-9-12-8-13(20)5-6-17(12)24-18(15)23/h2-10H,1H3,(H,21,22). The van der Waals surface area contributed by atoms with Crippen LogP contribution in [-0.2, 0) is 0 Å². The lowest BCUT2D eigenvalue weighted by atomic mass is 10.1. The summed E-state index contributed by atoms with van der Waals surface area (Å²) in [6.07, 6.45) is 0. The number of rotatable bonds is 3. The summed E-state index contributed by atoms with van der Waals surface area (Å²) in [4.78, 5) is 16.8. The molecule has 0 saturated heterocycles. The molecule has 124 valence electrons. The van der Waals surface area contributed by atoms with Crippen molar-refractivity contribution < 1.29 is 4.42 Å². The van der Waals surface area contributed by atoms with Crippen LogP contribution in [-0.4, -0.2) is 4.98 Å². The number of nitrogens with zero attached hydrogens (tertiary/aromatic N) is 1. The van der Waals surface area contributed by atoms with Crippen LogP contribution >= 0.6 is 22.9 Å². The van der Waals surface area contributed by atoms with Crippen molar-refractivity contribution in [1.82, 2.24) is 4.98 Å². The Bertz CT molecular complexity index is 1130. The molecule has 0 aliphatic rings. The number of nitrogens with one attached hydrogen (secondary N) is 1. The van der Waals surface area contributed by atoms with Crippen molar-refractivity contribution in [3.05, 3.63) is 74.9 Å². The molecule has 0 spiro atoms. The number of aromatic nitrogens is 1. The molecule has 0 aliphatic heterocycles. The predicted octanol–water partition coefficient (Wildman–Crippen LogP) is 5.62. The fourth-order valence-electron chi connectivity index (χ4n) is 2.57. The van der Waals surface area contributed by atoms with Gasteiger partial charge in [-0.2, -0.15) is 0 Å². The largest absolute Gasteiger partial charge is 0.422 e. The molecular weight excluding hydrogens is 356 g/mol. The SMILES string of the molecule is Cc1cccc(Nc2nc(-c3cc4cc(Cl)ccc4oc3=O)cs2)c1. The average Bonchev–Trinajstić information content (AvgIpc) is 3.03. The molecule has 4 aromatic rings. The molecule has 0 radical (unpaired) electrons. The van der Waals surface area contributed by atoms with E-state index < -0.39 is 5.63 Å². The molecular formula is C19H13ClN2O2S. The highest BCUT2D eigenvalue weighted by molar-refractivity contribution is 7.14. The fourth-order valence-corrected chi connectivity index (χ4v) is 3.49. The quantitative estimate of drug-likeness (QED) is 0.477. The van der Waals surface area contributed by atoms with Gasteiger partial charge in [0.2, 0.25) is 0 Å². The maximum absolute atomic E-state index is 12.3. The first-order chi connectivity index (χ1) is 12.1. The Morgan fingerprint density at radius 3 is 2.88 bits per heavy atom. The van der Waals surface area contributed by atoms with E-state index in [-0.39, 0.29) is 0 Å². The second kappa shape index (κ2) is 6.35. The monoisotopic (exact) mass is 368 g/mol. The topological polar surface area (TPSA) is 55.1 Å². The van der Waals surface area contributed by atoms with Crippen LogP contribution in [0, 0.1) is 6.92 Å². The van der Waals surface area contributed by atoms with Gasteiger partial charge in [-0.25, -0.2) is 9.78 Å². The lowest BCUT2D eigenvalue weighted by Crippen LogP contribution is -2.03. The van der Waals surface area contributed by atoms with Crippen LogP contribution in [0.3, 0.4) is 0 Å². The van der Waals surface area contributed by atoms with E-state index >= 15 is 0 Å². The van der Waals surface area contributed by atoms with Crippen LogP contribution in [0.25, 0.3) is 22.2 Å². The van der Waals surface area contributed by atoms with E-state index in [1.54, 1.807) is 24.3 Å². The second-order valence-electron chi connectivity index (χ2n) is 5.66. The van der Waals surface area contributed by atoms with Crippen molar-refractivity contribution in [3.63, 3.8) is 0 Å². The van der Waals surface area contributed by atoms with Gasteiger partial charge in [0.15, 0.2) is 5.13 Å². The molecule has 0 atom stereocenters. The summed E-state index contributed by atoms with van der Waals surface area (Å²) in [5.41, 5.74) is 3.21. The van der Waals surface area contributed by atoms with Crippen LogP contribution in [0.2, 0.25) is 5.02 Å². The molecule has 4 rings (SSSR count). The van der Waals surface area contributed by atoms with Gasteiger partial charge in [-0.05, 0) is 48.9 Å². The molecule has 0 aliphatic carbocycles. The highest BCUT2D eigenvalue weighted by Crippen LogP contribution is 2.28. The number of anilines is 2. The smallest absolute Gasteiger partial charge is 0.345 e. The van der Waals surface area contributed by atoms with Crippen LogP contribution in [0.15, 0.2) is 63.1 Å². The van der Waals surface area contributed by atoms with E-state index in [0.717, 1.165) is 16.6 Å².